The summed E-state index contributed by atoms with van der Waals surface area (Å²) < 4.78 is 13.4. The summed E-state index contributed by atoms with van der Waals surface area (Å²) in [6.45, 7) is 19.0. The third-order valence-electron chi connectivity index (χ3n) is 13.4. The molecule has 10 rings (SSSR count). The molecule has 57 heavy (non-hydrogen) atoms. The SMILES string of the molecule is CC(C)(C)c1ccnc(-n2c3ccccc3c3ccc(Oc4cccc(-n5[c-][n+](-c6cc7c8c(c6)C(C)(C)CCC8(C)CCC7(C)C)c6ccccc65)c4)cc32)c1. The van der Waals surface area contributed by atoms with Crippen LogP contribution in [0.15, 0.2) is 121 Å². The number of hydrogen-bond acceptors (Lipinski definition) is 2. The van der Waals surface area contributed by atoms with Crippen LogP contribution in [0.5, 0.6) is 11.5 Å². The smallest absolute Gasteiger partial charge is 0.269 e. The molecule has 0 N–H and O–H groups in total. The van der Waals surface area contributed by atoms with Gasteiger partial charge < -0.3 is 4.74 Å². The maximum absolute atomic E-state index is 6.71. The molecule has 286 valence electrons. The highest BCUT2D eigenvalue weighted by Gasteiger charge is 2.47. The fraction of sp³-hybridized carbons (Fsp3) is 0.308. The van der Waals surface area contributed by atoms with Gasteiger partial charge in [-0.15, -0.1) is 0 Å². The molecule has 3 heterocycles. The molecule has 5 nitrogen and oxygen atoms in total. The van der Waals surface area contributed by atoms with E-state index in [-0.39, 0.29) is 21.7 Å². The number of nitrogens with zero attached hydrogens (tertiary/aromatic N) is 4. The van der Waals surface area contributed by atoms with Crippen LogP contribution in [0.4, 0.5) is 0 Å². The number of imidazole rings is 1. The minimum absolute atomic E-state index is 0.00387. The first-order valence-electron chi connectivity index (χ1n) is 20.6. The van der Waals surface area contributed by atoms with Crippen LogP contribution in [0.1, 0.15) is 103 Å². The molecule has 0 saturated carbocycles. The lowest BCUT2D eigenvalue weighted by Gasteiger charge is -2.51. The normalized spacial score (nSPS) is 16.9. The highest BCUT2D eigenvalue weighted by Crippen LogP contribution is 2.56. The summed E-state index contributed by atoms with van der Waals surface area (Å²) in [5, 5.41) is 2.36. The Labute approximate surface area is 336 Å². The number of aromatic nitrogens is 4. The zero-order valence-electron chi connectivity index (χ0n) is 34.6. The molecule has 0 amide bonds. The monoisotopic (exact) mass is 748 g/mol. The van der Waals surface area contributed by atoms with Crippen LogP contribution in [0.3, 0.4) is 0 Å². The molecule has 5 aromatic carbocycles. The van der Waals surface area contributed by atoms with Crippen LogP contribution in [-0.4, -0.2) is 14.1 Å². The van der Waals surface area contributed by atoms with Crippen molar-refractivity contribution in [1.82, 2.24) is 14.1 Å². The summed E-state index contributed by atoms with van der Waals surface area (Å²) in [5.41, 5.74) is 12.9. The number of ether oxygens (including phenoxy) is 1. The van der Waals surface area contributed by atoms with Gasteiger partial charge in [0, 0.05) is 23.0 Å². The van der Waals surface area contributed by atoms with Crippen molar-refractivity contribution in [2.24, 2.45) is 0 Å². The number of benzene rings is 5. The van der Waals surface area contributed by atoms with Gasteiger partial charge >= 0.3 is 0 Å². The lowest BCUT2D eigenvalue weighted by atomic mass is 9.53. The van der Waals surface area contributed by atoms with Crippen LogP contribution < -0.4 is 9.30 Å². The van der Waals surface area contributed by atoms with E-state index in [4.69, 9.17) is 9.72 Å². The second kappa shape index (κ2) is 12.4. The van der Waals surface area contributed by atoms with E-state index in [2.05, 4.69) is 185 Å². The van der Waals surface area contributed by atoms with Gasteiger partial charge in [0.2, 0.25) is 0 Å². The van der Waals surface area contributed by atoms with E-state index in [1.165, 1.54) is 58.8 Å². The van der Waals surface area contributed by atoms with Crippen molar-refractivity contribution in [3.05, 3.63) is 150 Å². The Bertz CT molecular complexity index is 2860. The van der Waals surface area contributed by atoms with Crippen LogP contribution >= 0.6 is 0 Å². The van der Waals surface area contributed by atoms with E-state index in [9.17, 15) is 0 Å². The lowest BCUT2D eigenvalue weighted by Crippen LogP contribution is -2.44. The summed E-state index contributed by atoms with van der Waals surface area (Å²) in [5.74, 6) is 2.44. The van der Waals surface area contributed by atoms with Gasteiger partial charge in [-0.05, 0) is 130 Å². The topological polar surface area (TPSA) is 35.9 Å². The minimum Gasteiger partial charge on any atom is -0.458 e. The fourth-order valence-corrected chi connectivity index (χ4v) is 9.83. The van der Waals surface area contributed by atoms with Crippen LogP contribution in [0.25, 0.3) is 50.0 Å². The van der Waals surface area contributed by atoms with Gasteiger partial charge in [0.25, 0.3) is 6.33 Å². The molecule has 3 aromatic heterocycles. The van der Waals surface area contributed by atoms with Gasteiger partial charge in [-0.2, -0.15) is 0 Å². The molecular weight excluding hydrogens is 697 g/mol. The zero-order chi connectivity index (χ0) is 39.5. The molecule has 0 aliphatic heterocycles. The van der Waals surface area contributed by atoms with E-state index in [0.29, 0.717) is 0 Å². The Kier molecular flexibility index (Phi) is 7.77. The molecule has 0 fully saturated rings. The zero-order valence-corrected chi connectivity index (χ0v) is 34.6. The Balaban J connectivity index is 1.06. The van der Waals surface area contributed by atoms with E-state index in [0.717, 1.165) is 45.1 Å². The first-order valence-corrected chi connectivity index (χ1v) is 20.6. The van der Waals surface area contributed by atoms with Gasteiger partial charge in [0.15, 0.2) is 0 Å². The molecule has 8 aromatic rings. The van der Waals surface area contributed by atoms with Crippen LogP contribution in [-0.2, 0) is 21.7 Å². The minimum atomic E-state index is 0.00387. The van der Waals surface area contributed by atoms with Crippen molar-refractivity contribution < 1.29 is 9.30 Å². The number of hydrogen-bond donors (Lipinski definition) is 0. The average Bonchev–Trinajstić information content (AvgIpc) is 3.74. The quantitative estimate of drug-likeness (QED) is 0.130. The maximum atomic E-state index is 6.71. The predicted octanol–water partition coefficient (Wildman–Crippen LogP) is 12.7. The van der Waals surface area contributed by atoms with Crippen LogP contribution in [0, 0.1) is 6.33 Å². The van der Waals surface area contributed by atoms with Gasteiger partial charge in [-0.3, -0.25) is 13.7 Å². The van der Waals surface area contributed by atoms with E-state index in [1.807, 2.05) is 12.3 Å². The molecule has 0 saturated heterocycles. The maximum Gasteiger partial charge on any atom is 0.269 e. The Hall–Kier alpha value is -5.68. The first-order chi connectivity index (χ1) is 27.2. The van der Waals surface area contributed by atoms with E-state index < -0.39 is 0 Å². The Morgan fingerprint density at radius 2 is 1.32 bits per heavy atom. The fourth-order valence-electron chi connectivity index (χ4n) is 9.83. The van der Waals surface area contributed by atoms with E-state index >= 15 is 0 Å². The van der Waals surface area contributed by atoms with Gasteiger partial charge in [-0.25, -0.2) is 4.98 Å². The molecule has 0 atom stereocenters. The summed E-state index contributed by atoms with van der Waals surface area (Å²) in [4.78, 5) is 4.87. The third-order valence-corrected chi connectivity index (χ3v) is 13.4. The van der Waals surface area contributed by atoms with Crippen molar-refractivity contribution in [1.29, 1.82) is 0 Å². The van der Waals surface area contributed by atoms with Gasteiger partial charge in [-0.1, -0.05) is 104 Å². The van der Waals surface area contributed by atoms with Crippen molar-refractivity contribution in [2.75, 3.05) is 0 Å². The standard InChI is InChI=1S/C52H52N4O/c1-49(2,3)34-22-27-53-47(28-34)56-43-17-10-9-16-39(43)40-21-20-38(32-46(40)56)57-37-15-13-14-35(29-37)54-33-55(45-19-12-11-18-44(45)54)36-30-41-48-42(31-36)51(6,7)24-26-52(48,8)25-23-50(41,4)5/h9-22,27-32H,23-26H2,1-8H3. The molecule has 2 aliphatic carbocycles. The summed E-state index contributed by atoms with van der Waals surface area (Å²) >= 11 is 0. The lowest BCUT2D eigenvalue weighted by molar-refractivity contribution is -0.572. The number of fused-ring (bicyclic) bond motifs is 4. The van der Waals surface area contributed by atoms with Crippen LogP contribution in [0.2, 0.25) is 0 Å². The Morgan fingerprint density at radius 1 is 0.649 bits per heavy atom. The summed E-state index contributed by atoms with van der Waals surface area (Å²) in [6.07, 6.45) is 10.7. The highest BCUT2D eigenvalue weighted by atomic mass is 16.5. The molecule has 0 unspecified atom stereocenters. The second-order valence-electron chi connectivity index (χ2n) is 19.3. The highest BCUT2D eigenvalue weighted by molar-refractivity contribution is 6.09. The van der Waals surface area contributed by atoms with Gasteiger partial charge in [0.05, 0.1) is 33.4 Å². The molecule has 0 bridgehead atoms. The second-order valence-corrected chi connectivity index (χ2v) is 19.3. The molecule has 2 aliphatic rings. The number of rotatable bonds is 5. The number of para-hydroxylation sites is 3. The van der Waals surface area contributed by atoms with Crippen molar-refractivity contribution >= 4 is 32.8 Å². The number of pyridine rings is 1. The first kappa shape index (κ1) is 35.7. The van der Waals surface area contributed by atoms with Gasteiger partial charge in [0.1, 0.15) is 17.3 Å². The predicted molar refractivity (Wildman–Crippen MR) is 233 cm³/mol. The van der Waals surface area contributed by atoms with Crippen molar-refractivity contribution in [2.45, 2.75) is 103 Å². The molecular formula is C52H52N4O. The third kappa shape index (κ3) is 5.72. The van der Waals surface area contributed by atoms with Crippen molar-refractivity contribution in [3.63, 3.8) is 0 Å². The van der Waals surface area contributed by atoms with E-state index in [1.54, 1.807) is 5.56 Å². The summed E-state index contributed by atoms with van der Waals surface area (Å²) in [6, 6.07) is 41.3. The van der Waals surface area contributed by atoms with Crippen molar-refractivity contribution in [3.8, 4) is 28.7 Å². The summed E-state index contributed by atoms with van der Waals surface area (Å²) in [7, 11) is 0. The average molecular weight is 749 g/mol. The largest absolute Gasteiger partial charge is 0.458 e. The molecule has 0 radical (unpaired) electrons. The Morgan fingerprint density at radius 3 is 2.05 bits per heavy atom. The molecule has 5 heteroatoms. The molecule has 0 spiro atoms.